The zero-order valence-corrected chi connectivity index (χ0v) is 29.1. The van der Waals surface area contributed by atoms with Crippen LogP contribution in [0.5, 0.6) is 11.5 Å². The van der Waals surface area contributed by atoms with Crippen LogP contribution in [0, 0.1) is 0 Å². The number of hydrogen-bond donors (Lipinski definition) is 2. The molecule has 1 heterocycles. The third-order valence-electron chi connectivity index (χ3n) is 7.82. The van der Waals surface area contributed by atoms with E-state index in [4.69, 9.17) is 22.6 Å². The van der Waals surface area contributed by atoms with Crippen LogP contribution in [0.2, 0.25) is 0 Å². The molecule has 248 valence electrons. The molecule has 2 N–H and O–H groups in total. The van der Waals surface area contributed by atoms with Gasteiger partial charge in [-0.05, 0) is 36.4 Å². The van der Waals surface area contributed by atoms with E-state index in [-0.39, 0.29) is 22.6 Å². The Balaban J connectivity index is 1.68. The van der Waals surface area contributed by atoms with E-state index in [0.717, 1.165) is 21.2 Å². The van der Waals surface area contributed by atoms with Crippen LogP contribution in [0.25, 0.3) is 0 Å². The lowest BCUT2D eigenvalue weighted by molar-refractivity contribution is 0.0686. The van der Waals surface area contributed by atoms with Crippen LogP contribution < -0.4 is 30.3 Å². The minimum atomic E-state index is -3.97. The molecule has 0 aliphatic carbocycles. The second-order valence-corrected chi connectivity index (χ2v) is 19.1. The van der Waals surface area contributed by atoms with Gasteiger partial charge in [-0.2, -0.15) is 9.03 Å². The Morgan fingerprint density at radius 3 is 1.10 bits per heavy atom. The summed E-state index contributed by atoms with van der Waals surface area (Å²) >= 11 is 0. The first kappa shape index (κ1) is 33.1. The highest BCUT2D eigenvalue weighted by atomic mass is 31.3. The fraction of sp³-hybridized carbons (Fsp3) is 0. The standard InChI is InChI=1S/C38H30N3O6P3/c42-37(43)29-15-13-17-31(27-29)46-50(47-32-18-14-16-30(28-32)38(44)45)40-48(33-19-5-1-6-20-33,34-21-7-2-8-22-34)39-49(41-50,35-23-9-3-10-24-35)36-25-11-4-12-26-36/h1-28H,(H,42,43)(H,44,45). The van der Waals surface area contributed by atoms with Gasteiger partial charge in [0.05, 0.1) is 11.1 Å². The molecule has 0 saturated carbocycles. The maximum atomic E-state index is 12.1. The van der Waals surface area contributed by atoms with Crippen LogP contribution in [-0.4, -0.2) is 22.2 Å². The summed E-state index contributed by atoms with van der Waals surface area (Å²) < 4.78 is 30.7. The van der Waals surface area contributed by atoms with E-state index in [1.165, 1.54) is 24.3 Å². The van der Waals surface area contributed by atoms with Gasteiger partial charge in [0, 0.05) is 21.2 Å². The average molecular weight is 718 g/mol. The summed E-state index contributed by atoms with van der Waals surface area (Å²) in [5.74, 6) is -1.89. The Labute approximate surface area is 289 Å². The fourth-order valence-electron chi connectivity index (χ4n) is 5.56. The van der Waals surface area contributed by atoms with Crippen LogP contribution in [0.15, 0.2) is 183 Å². The maximum absolute atomic E-state index is 12.1. The van der Waals surface area contributed by atoms with Crippen LogP contribution in [0.3, 0.4) is 0 Å². The molecule has 0 atom stereocenters. The minimum Gasteiger partial charge on any atom is -0.478 e. The van der Waals surface area contributed by atoms with Crippen molar-refractivity contribution in [1.82, 2.24) is 0 Å². The van der Waals surface area contributed by atoms with E-state index in [1.807, 2.05) is 121 Å². The molecule has 6 aromatic carbocycles. The van der Waals surface area contributed by atoms with Crippen molar-refractivity contribution in [2.75, 3.05) is 0 Å². The summed E-state index contributed by atoms with van der Waals surface area (Å²) in [6, 6.07) is 51.4. The third kappa shape index (κ3) is 6.47. The highest BCUT2D eigenvalue weighted by molar-refractivity contribution is 7.95. The van der Waals surface area contributed by atoms with E-state index in [1.54, 1.807) is 24.3 Å². The zero-order chi connectivity index (χ0) is 34.6. The summed E-state index contributed by atoms with van der Waals surface area (Å²) in [4.78, 5) is 24.2. The van der Waals surface area contributed by atoms with Crippen LogP contribution in [0.1, 0.15) is 20.7 Å². The van der Waals surface area contributed by atoms with Crippen molar-refractivity contribution < 1.29 is 28.8 Å². The topological polar surface area (TPSA) is 130 Å². The highest BCUT2D eigenvalue weighted by Gasteiger charge is 2.44. The van der Waals surface area contributed by atoms with Crippen molar-refractivity contribution in [3.8, 4) is 11.5 Å². The lowest BCUT2D eigenvalue weighted by Crippen LogP contribution is -2.22. The third-order valence-corrected chi connectivity index (χ3v) is 18.7. The Morgan fingerprint density at radius 2 is 0.760 bits per heavy atom. The smallest absolute Gasteiger partial charge is 0.450 e. The lowest BCUT2D eigenvalue weighted by Gasteiger charge is -2.36. The largest absolute Gasteiger partial charge is 0.478 e. The molecule has 6 aromatic rings. The first-order valence-electron chi connectivity index (χ1n) is 15.5. The van der Waals surface area contributed by atoms with Crippen molar-refractivity contribution in [2.24, 2.45) is 13.5 Å². The molecule has 1 aliphatic rings. The van der Waals surface area contributed by atoms with Crippen molar-refractivity contribution in [3.05, 3.63) is 181 Å². The van der Waals surface area contributed by atoms with Gasteiger partial charge < -0.3 is 19.3 Å². The SMILES string of the molecule is O=C(O)c1cccc(OP2(Oc3cccc(C(=O)O)c3)=NP(c3ccccc3)(c3ccccc3)=NP(c3ccccc3)(c3ccccc3)=N2)c1. The molecule has 0 aromatic heterocycles. The Bertz CT molecular complexity index is 2140. The predicted octanol–water partition coefficient (Wildman–Crippen LogP) is 9.04. The molecule has 0 unspecified atom stereocenters. The van der Waals surface area contributed by atoms with Crippen molar-refractivity contribution >= 4 is 55.2 Å². The van der Waals surface area contributed by atoms with E-state index >= 15 is 0 Å². The second kappa shape index (κ2) is 13.8. The number of hydrogen-bond acceptors (Lipinski definition) is 7. The molecule has 1 aliphatic heterocycles. The van der Waals surface area contributed by atoms with E-state index < -0.39 is 34.0 Å². The molecule has 0 saturated heterocycles. The molecule has 0 bridgehead atoms. The van der Waals surface area contributed by atoms with Gasteiger partial charge in [0.2, 0.25) is 0 Å². The van der Waals surface area contributed by atoms with Gasteiger partial charge in [-0.15, -0.1) is 0 Å². The summed E-state index contributed by atoms with van der Waals surface area (Å²) in [7, 11) is -10.4. The Hall–Kier alpha value is -5.45. The molecule has 0 spiro atoms. The van der Waals surface area contributed by atoms with Gasteiger partial charge in [0.15, 0.2) is 0 Å². The normalized spacial score (nSPS) is 15.3. The molecule has 9 nitrogen and oxygen atoms in total. The van der Waals surface area contributed by atoms with Crippen molar-refractivity contribution in [2.45, 2.75) is 0 Å². The van der Waals surface area contributed by atoms with Gasteiger partial charge in [0.1, 0.15) is 25.9 Å². The monoisotopic (exact) mass is 717 g/mol. The number of carboxylic acids is 2. The molecule has 0 radical (unpaired) electrons. The average Bonchev–Trinajstić information content (AvgIpc) is 3.16. The summed E-state index contributed by atoms with van der Waals surface area (Å²) in [6.45, 7) is 0. The van der Waals surface area contributed by atoms with Crippen molar-refractivity contribution in [1.29, 1.82) is 0 Å². The molecular formula is C38H30N3O6P3. The fourth-order valence-corrected chi connectivity index (χ4v) is 18.7. The lowest BCUT2D eigenvalue weighted by atomic mass is 10.2. The van der Waals surface area contributed by atoms with Crippen molar-refractivity contribution in [3.63, 3.8) is 0 Å². The molecule has 0 fully saturated rings. The number of aromatic carboxylic acids is 2. The number of nitrogens with zero attached hydrogens (tertiary/aromatic N) is 3. The number of carbonyl (C=O) groups is 2. The van der Waals surface area contributed by atoms with Crippen LogP contribution in [-0.2, 0) is 0 Å². The molecule has 50 heavy (non-hydrogen) atoms. The van der Waals surface area contributed by atoms with E-state index in [2.05, 4.69) is 0 Å². The second-order valence-electron chi connectivity index (χ2n) is 11.2. The number of benzene rings is 6. The first-order valence-corrected chi connectivity index (χ1v) is 20.4. The zero-order valence-electron chi connectivity index (χ0n) is 26.4. The van der Waals surface area contributed by atoms with Crippen LogP contribution >= 0.6 is 22.1 Å². The number of carboxylic acid groups (broad SMARTS) is 2. The highest BCUT2D eigenvalue weighted by Crippen LogP contribution is 2.77. The molecule has 0 amide bonds. The first-order chi connectivity index (χ1) is 24.3. The minimum absolute atomic E-state index is 0.00887. The summed E-state index contributed by atoms with van der Waals surface area (Å²) in [5, 5.41) is 23.1. The van der Waals surface area contributed by atoms with Crippen LogP contribution in [0.4, 0.5) is 0 Å². The van der Waals surface area contributed by atoms with Gasteiger partial charge in [-0.3, -0.25) is 0 Å². The maximum Gasteiger partial charge on any atom is 0.450 e. The number of rotatable bonds is 10. The quantitative estimate of drug-likeness (QED) is 0.136. The molecule has 7 rings (SSSR count). The predicted molar refractivity (Wildman–Crippen MR) is 200 cm³/mol. The van der Waals surface area contributed by atoms with E-state index in [0.29, 0.717) is 0 Å². The molecular weight excluding hydrogens is 687 g/mol. The van der Waals surface area contributed by atoms with Gasteiger partial charge >= 0.3 is 19.6 Å². The Morgan fingerprint density at radius 1 is 0.420 bits per heavy atom. The summed E-state index contributed by atoms with van der Waals surface area (Å²) in [6.07, 6.45) is 0. The van der Waals surface area contributed by atoms with Gasteiger partial charge in [-0.1, -0.05) is 133 Å². The summed E-state index contributed by atoms with van der Waals surface area (Å²) in [5.41, 5.74) is 0.0177. The van der Waals surface area contributed by atoms with Gasteiger partial charge in [-0.25, -0.2) is 14.1 Å². The van der Waals surface area contributed by atoms with Gasteiger partial charge in [0.25, 0.3) is 0 Å². The Kier molecular flexibility index (Phi) is 9.14. The van der Waals surface area contributed by atoms with E-state index in [9.17, 15) is 19.8 Å². The molecule has 12 heteroatoms.